The fourth-order valence-electron chi connectivity index (χ4n) is 4.34. The highest BCUT2D eigenvalue weighted by Gasteiger charge is 2.48. The van der Waals surface area contributed by atoms with Gasteiger partial charge in [0.1, 0.15) is 0 Å². The number of carbonyl (C=O) groups excluding carboxylic acids is 2. The van der Waals surface area contributed by atoms with Gasteiger partial charge in [-0.2, -0.15) is 0 Å². The van der Waals surface area contributed by atoms with Crippen LogP contribution >= 0.6 is 0 Å². The Morgan fingerprint density at radius 2 is 2.00 bits per heavy atom. The molecule has 0 aliphatic carbocycles. The topological polar surface area (TPSA) is 52.7 Å². The minimum absolute atomic E-state index is 0.0332. The van der Waals surface area contributed by atoms with Crippen molar-refractivity contribution in [3.05, 3.63) is 35.4 Å². The van der Waals surface area contributed by atoms with Crippen molar-refractivity contribution in [3.63, 3.8) is 0 Å². The van der Waals surface area contributed by atoms with E-state index >= 15 is 0 Å². The Labute approximate surface area is 165 Å². The van der Waals surface area contributed by atoms with Crippen LogP contribution in [0.4, 0.5) is 8.78 Å². The molecule has 2 aliphatic rings. The first-order valence-electron chi connectivity index (χ1n) is 10.0. The maximum Gasteiger partial charge on any atom is 0.230 e. The number of likely N-dealkylation sites (tertiary alicyclic amines) is 2. The van der Waals surface area contributed by atoms with Crippen molar-refractivity contribution in [2.75, 3.05) is 26.2 Å². The molecule has 28 heavy (non-hydrogen) atoms. The SMILES string of the molecule is CC(C)NC(=O)CCN1CC[C@@]2(CCCN(Cc3ccc(F)c(F)c3)C2=O)C1. The molecule has 5 nitrogen and oxygen atoms in total. The molecule has 2 heterocycles. The van der Waals surface area contributed by atoms with E-state index in [0.717, 1.165) is 37.9 Å². The quantitative estimate of drug-likeness (QED) is 0.809. The monoisotopic (exact) mass is 393 g/mol. The Kier molecular flexibility index (Phi) is 6.33. The van der Waals surface area contributed by atoms with E-state index in [2.05, 4.69) is 10.2 Å². The first-order chi connectivity index (χ1) is 13.3. The zero-order chi connectivity index (χ0) is 20.3. The summed E-state index contributed by atoms with van der Waals surface area (Å²) in [5, 5.41) is 2.89. The van der Waals surface area contributed by atoms with E-state index in [1.807, 2.05) is 13.8 Å². The Morgan fingerprint density at radius 3 is 2.71 bits per heavy atom. The van der Waals surface area contributed by atoms with Gasteiger partial charge in [-0.1, -0.05) is 6.07 Å². The molecule has 3 rings (SSSR count). The molecule has 0 bridgehead atoms. The van der Waals surface area contributed by atoms with Crippen LogP contribution in [0, 0.1) is 17.0 Å². The number of piperidine rings is 1. The fraction of sp³-hybridized carbons (Fsp3) is 0.619. The van der Waals surface area contributed by atoms with Crippen molar-refractivity contribution in [1.82, 2.24) is 15.1 Å². The maximum atomic E-state index is 13.5. The van der Waals surface area contributed by atoms with E-state index in [1.54, 1.807) is 4.90 Å². The summed E-state index contributed by atoms with van der Waals surface area (Å²) < 4.78 is 26.6. The van der Waals surface area contributed by atoms with Crippen LogP contribution in [-0.4, -0.2) is 53.8 Å². The summed E-state index contributed by atoms with van der Waals surface area (Å²) in [6.07, 6.45) is 2.96. The molecule has 2 fully saturated rings. The largest absolute Gasteiger partial charge is 0.354 e. The van der Waals surface area contributed by atoms with Gasteiger partial charge in [0.15, 0.2) is 11.6 Å². The van der Waals surface area contributed by atoms with Gasteiger partial charge in [-0.05, 0) is 57.4 Å². The second-order valence-electron chi connectivity index (χ2n) is 8.36. The number of rotatable bonds is 6. The molecule has 2 amide bonds. The van der Waals surface area contributed by atoms with E-state index < -0.39 is 17.0 Å². The Bertz CT molecular complexity index is 740. The average molecular weight is 393 g/mol. The number of amides is 2. The number of nitrogens with one attached hydrogen (secondary N) is 1. The molecule has 1 spiro atoms. The van der Waals surface area contributed by atoms with Gasteiger partial charge >= 0.3 is 0 Å². The lowest BCUT2D eigenvalue weighted by Crippen LogP contribution is -2.49. The molecule has 7 heteroatoms. The average Bonchev–Trinajstić information content (AvgIpc) is 3.04. The number of hydrogen-bond donors (Lipinski definition) is 1. The highest BCUT2D eigenvalue weighted by atomic mass is 19.2. The number of nitrogens with zero attached hydrogens (tertiary/aromatic N) is 2. The van der Waals surface area contributed by atoms with Crippen molar-refractivity contribution in [2.45, 2.75) is 52.1 Å². The molecule has 154 valence electrons. The van der Waals surface area contributed by atoms with Gasteiger partial charge in [-0.3, -0.25) is 9.59 Å². The van der Waals surface area contributed by atoms with Crippen LogP contribution in [0.5, 0.6) is 0 Å². The summed E-state index contributed by atoms with van der Waals surface area (Å²) in [5.41, 5.74) is 0.190. The highest BCUT2D eigenvalue weighted by Crippen LogP contribution is 2.40. The fourth-order valence-corrected chi connectivity index (χ4v) is 4.34. The summed E-state index contributed by atoms with van der Waals surface area (Å²) in [4.78, 5) is 29.0. The van der Waals surface area contributed by atoms with E-state index in [9.17, 15) is 18.4 Å². The first-order valence-corrected chi connectivity index (χ1v) is 10.0. The van der Waals surface area contributed by atoms with Crippen molar-refractivity contribution >= 4 is 11.8 Å². The minimum atomic E-state index is -0.886. The predicted molar refractivity (Wildman–Crippen MR) is 102 cm³/mol. The normalized spacial score (nSPS) is 23.0. The van der Waals surface area contributed by atoms with E-state index in [1.165, 1.54) is 6.07 Å². The lowest BCUT2D eigenvalue weighted by molar-refractivity contribution is -0.146. The molecule has 1 aromatic carbocycles. The summed E-state index contributed by atoms with van der Waals surface area (Å²) in [5.74, 6) is -1.63. The van der Waals surface area contributed by atoms with Crippen LogP contribution in [0.1, 0.15) is 45.1 Å². The van der Waals surface area contributed by atoms with Crippen LogP contribution in [0.2, 0.25) is 0 Å². The zero-order valence-corrected chi connectivity index (χ0v) is 16.6. The number of carbonyl (C=O) groups is 2. The maximum absolute atomic E-state index is 13.5. The van der Waals surface area contributed by atoms with Crippen molar-refractivity contribution in [1.29, 1.82) is 0 Å². The summed E-state index contributed by atoms with van der Waals surface area (Å²) in [6, 6.07) is 3.93. The minimum Gasteiger partial charge on any atom is -0.354 e. The van der Waals surface area contributed by atoms with Gasteiger partial charge in [0.25, 0.3) is 0 Å². The summed E-state index contributed by atoms with van der Waals surface area (Å²) in [6.45, 7) is 6.92. The first kappa shape index (κ1) is 20.7. The van der Waals surface area contributed by atoms with Gasteiger partial charge < -0.3 is 15.1 Å². The molecule has 1 aromatic rings. The van der Waals surface area contributed by atoms with E-state index in [-0.39, 0.29) is 17.9 Å². The van der Waals surface area contributed by atoms with Crippen LogP contribution in [0.25, 0.3) is 0 Å². The smallest absolute Gasteiger partial charge is 0.230 e. The second-order valence-corrected chi connectivity index (χ2v) is 8.36. The zero-order valence-electron chi connectivity index (χ0n) is 16.6. The molecule has 0 unspecified atom stereocenters. The molecule has 2 aliphatic heterocycles. The molecule has 0 radical (unpaired) electrons. The van der Waals surface area contributed by atoms with Gasteiger partial charge in [0.2, 0.25) is 11.8 Å². The number of halogens is 2. The lowest BCUT2D eigenvalue weighted by Gasteiger charge is -2.39. The van der Waals surface area contributed by atoms with Crippen molar-refractivity contribution < 1.29 is 18.4 Å². The van der Waals surface area contributed by atoms with E-state index in [4.69, 9.17) is 0 Å². The predicted octanol–water partition coefficient (Wildman–Crippen LogP) is 2.69. The van der Waals surface area contributed by atoms with Crippen LogP contribution in [0.3, 0.4) is 0 Å². The van der Waals surface area contributed by atoms with Crippen LogP contribution in [0.15, 0.2) is 18.2 Å². The Hall–Kier alpha value is -2.02. The third-order valence-electron chi connectivity index (χ3n) is 5.72. The van der Waals surface area contributed by atoms with Crippen LogP contribution < -0.4 is 5.32 Å². The molecule has 1 N–H and O–H groups in total. The lowest BCUT2D eigenvalue weighted by atomic mass is 9.78. The Morgan fingerprint density at radius 1 is 1.21 bits per heavy atom. The number of benzene rings is 1. The van der Waals surface area contributed by atoms with Gasteiger partial charge in [-0.15, -0.1) is 0 Å². The second kappa shape index (κ2) is 8.55. The summed E-state index contributed by atoms with van der Waals surface area (Å²) >= 11 is 0. The Balaban J connectivity index is 1.59. The highest BCUT2D eigenvalue weighted by molar-refractivity contribution is 5.84. The third kappa shape index (κ3) is 4.69. The van der Waals surface area contributed by atoms with E-state index in [0.29, 0.717) is 38.2 Å². The third-order valence-corrected chi connectivity index (χ3v) is 5.72. The molecule has 1 atom stereocenters. The molecular formula is C21H29F2N3O2. The van der Waals surface area contributed by atoms with Crippen LogP contribution in [-0.2, 0) is 16.1 Å². The van der Waals surface area contributed by atoms with Gasteiger partial charge in [-0.25, -0.2) is 8.78 Å². The van der Waals surface area contributed by atoms with Gasteiger partial charge in [0, 0.05) is 38.6 Å². The van der Waals surface area contributed by atoms with Gasteiger partial charge in [0.05, 0.1) is 5.41 Å². The number of hydrogen-bond acceptors (Lipinski definition) is 3. The molecular weight excluding hydrogens is 364 g/mol. The standard InChI is InChI=1S/C21H29F2N3O2/c1-15(2)24-19(27)6-10-25-11-8-21(14-25)7-3-9-26(20(21)28)13-16-4-5-17(22)18(23)12-16/h4-5,12,15H,3,6-11,13-14H2,1-2H3,(H,24,27)/t21-/m0/s1. The molecule has 2 saturated heterocycles. The van der Waals surface area contributed by atoms with Crippen molar-refractivity contribution in [3.8, 4) is 0 Å². The van der Waals surface area contributed by atoms with Crippen molar-refractivity contribution in [2.24, 2.45) is 5.41 Å². The summed E-state index contributed by atoms with van der Waals surface area (Å²) in [7, 11) is 0. The molecule has 0 saturated carbocycles. The molecule has 0 aromatic heterocycles.